The van der Waals surface area contributed by atoms with Gasteiger partial charge in [-0.05, 0) is 0 Å². The van der Waals surface area contributed by atoms with Crippen molar-refractivity contribution in [2.75, 3.05) is 26.9 Å². The molecule has 9 heavy (non-hydrogen) atoms. The van der Waals surface area contributed by atoms with E-state index in [2.05, 4.69) is 5.20 Å². The van der Waals surface area contributed by atoms with Gasteiger partial charge in [-0.1, -0.05) is 5.20 Å². The lowest BCUT2D eigenvalue weighted by Crippen LogP contribution is -2.24. The van der Waals surface area contributed by atoms with E-state index in [0.29, 0.717) is 6.16 Å². The molecule has 1 N–H and O–H groups in total. The van der Waals surface area contributed by atoms with Crippen LogP contribution in [-0.2, 0) is 11.8 Å². The van der Waals surface area contributed by atoms with Gasteiger partial charge in [-0.3, -0.25) is 0 Å². The largest absolute Gasteiger partial charge is 0.281 e. The molecule has 1 atom stereocenters. The molecule has 54 valence electrons. The number of hydrogen-bond acceptors (Lipinski definition) is 2. The topological polar surface area (TPSA) is 15.3 Å². The Morgan fingerprint density at radius 2 is 2.22 bits per heavy atom. The number of halogens is 1. The van der Waals surface area contributed by atoms with Crippen LogP contribution in [0, 0.1) is 0 Å². The summed E-state index contributed by atoms with van der Waals surface area (Å²) in [6.07, 6.45) is 0.461. The Morgan fingerprint density at radius 1 is 1.67 bits per heavy atom. The molecule has 0 aliphatic carbocycles. The lowest BCUT2D eigenvalue weighted by molar-refractivity contribution is 0.380. The Kier molecular flexibility index (Phi) is 5.39. The normalized spacial score (nSPS) is 12.2. The molecular weight excluding hydrogens is 158 g/mol. The minimum atomic E-state index is -0.736. The van der Waals surface area contributed by atoms with Gasteiger partial charge in [0.2, 0.25) is 0 Å². The van der Waals surface area contributed by atoms with Crippen molar-refractivity contribution in [3.8, 4) is 0 Å². The van der Waals surface area contributed by atoms with Crippen LogP contribution in [0.5, 0.6) is 0 Å². The molecule has 0 bridgehead atoms. The predicted molar refractivity (Wildman–Crippen MR) is 41.9 cm³/mol. The van der Waals surface area contributed by atoms with E-state index in [1.165, 1.54) is 0 Å². The SMILES string of the molecule is CN(C)N[P+](=S)CCF. The van der Waals surface area contributed by atoms with Crippen LogP contribution < -0.4 is 5.20 Å². The van der Waals surface area contributed by atoms with Crippen LogP contribution in [0.3, 0.4) is 0 Å². The van der Waals surface area contributed by atoms with E-state index in [0.717, 1.165) is 0 Å². The molecule has 5 heteroatoms. The van der Waals surface area contributed by atoms with Crippen molar-refractivity contribution in [2.45, 2.75) is 0 Å². The van der Waals surface area contributed by atoms with Crippen molar-refractivity contribution in [1.82, 2.24) is 10.2 Å². The van der Waals surface area contributed by atoms with Gasteiger partial charge in [0.1, 0.15) is 6.67 Å². The van der Waals surface area contributed by atoms with Gasteiger partial charge < -0.3 is 0 Å². The summed E-state index contributed by atoms with van der Waals surface area (Å²) in [5.74, 6) is 0. The molecule has 0 aliphatic rings. The fourth-order valence-corrected chi connectivity index (χ4v) is 1.75. The number of rotatable bonds is 4. The Bertz CT molecular complexity index is 98.6. The van der Waals surface area contributed by atoms with Gasteiger partial charge in [-0.15, -0.1) is 0 Å². The van der Waals surface area contributed by atoms with E-state index < -0.39 is 6.85 Å². The van der Waals surface area contributed by atoms with Gasteiger partial charge in [-0.25, -0.2) is 9.40 Å². The van der Waals surface area contributed by atoms with Crippen molar-refractivity contribution >= 4 is 18.7 Å². The molecule has 0 saturated heterocycles. The highest BCUT2D eigenvalue weighted by Crippen LogP contribution is 2.13. The summed E-state index contributed by atoms with van der Waals surface area (Å²) in [4.78, 5) is 0. The Morgan fingerprint density at radius 3 is 2.56 bits per heavy atom. The van der Waals surface area contributed by atoms with Gasteiger partial charge in [-0.2, -0.15) is 0 Å². The second kappa shape index (κ2) is 5.18. The number of hydrogen-bond donors (Lipinski definition) is 1. The lowest BCUT2D eigenvalue weighted by Gasteiger charge is -2.01. The third-order valence-corrected chi connectivity index (χ3v) is 2.59. The molecular formula is C4H11FN2PS+. The summed E-state index contributed by atoms with van der Waals surface area (Å²) >= 11 is 4.88. The summed E-state index contributed by atoms with van der Waals surface area (Å²) in [5.41, 5.74) is 0. The predicted octanol–water partition coefficient (Wildman–Crippen LogP) is 0.881. The first-order valence-electron chi connectivity index (χ1n) is 2.61. The van der Waals surface area contributed by atoms with E-state index in [-0.39, 0.29) is 6.67 Å². The summed E-state index contributed by atoms with van der Waals surface area (Å²) in [7, 11) is 3.69. The lowest BCUT2D eigenvalue weighted by atomic mass is 10.9. The molecule has 0 amide bonds. The Hall–Kier alpha value is 0.370. The summed E-state index contributed by atoms with van der Waals surface area (Å²) in [6, 6.07) is 0. The maximum Gasteiger partial charge on any atom is 0.281 e. The second-order valence-corrected chi connectivity index (χ2v) is 4.51. The highest BCUT2D eigenvalue weighted by Gasteiger charge is 2.08. The minimum Gasteiger partial charge on any atom is -0.246 e. The van der Waals surface area contributed by atoms with Crippen molar-refractivity contribution in [3.63, 3.8) is 0 Å². The first kappa shape index (κ1) is 9.37. The summed E-state index contributed by atoms with van der Waals surface area (Å²) in [6.45, 7) is -1.06. The highest BCUT2D eigenvalue weighted by atomic mass is 32.4. The quantitative estimate of drug-likeness (QED) is 0.497. The number of alkyl halides is 1. The number of nitrogens with zero attached hydrogens (tertiary/aromatic N) is 1. The monoisotopic (exact) mass is 169 g/mol. The van der Waals surface area contributed by atoms with Crippen LogP contribution >= 0.6 is 6.85 Å². The van der Waals surface area contributed by atoms with Crippen LogP contribution in [0.2, 0.25) is 0 Å². The Labute approximate surface area is 60.9 Å². The van der Waals surface area contributed by atoms with Gasteiger partial charge in [0.25, 0.3) is 6.85 Å². The van der Waals surface area contributed by atoms with Crippen molar-refractivity contribution < 1.29 is 4.39 Å². The van der Waals surface area contributed by atoms with Crippen LogP contribution in [-0.4, -0.2) is 31.9 Å². The number of hydrazine groups is 1. The van der Waals surface area contributed by atoms with E-state index in [1.54, 1.807) is 5.01 Å². The zero-order valence-corrected chi connectivity index (χ0v) is 7.31. The van der Waals surface area contributed by atoms with Gasteiger partial charge in [0.15, 0.2) is 18.0 Å². The second-order valence-electron chi connectivity index (χ2n) is 1.79. The smallest absolute Gasteiger partial charge is 0.246 e. The minimum absolute atomic E-state index is 0.323. The zero-order chi connectivity index (χ0) is 7.28. The van der Waals surface area contributed by atoms with E-state index in [9.17, 15) is 4.39 Å². The van der Waals surface area contributed by atoms with Gasteiger partial charge in [0, 0.05) is 14.1 Å². The first-order chi connectivity index (χ1) is 4.16. The third kappa shape index (κ3) is 6.25. The fraction of sp³-hybridized carbons (Fsp3) is 1.00. The molecule has 0 radical (unpaired) electrons. The molecule has 0 fully saturated rings. The fourth-order valence-electron chi connectivity index (χ4n) is 0.350. The highest BCUT2D eigenvalue weighted by molar-refractivity contribution is 8.04. The molecule has 0 aliphatic heterocycles. The van der Waals surface area contributed by atoms with Crippen LogP contribution in [0.1, 0.15) is 0 Å². The molecule has 2 nitrogen and oxygen atoms in total. The van der Waals surface area contributed by atoms with Crippen LogP contribution in [0.15, 0.2) is 0 Å². The van der Waals surface area contributed by atoms with E-state index in [1.807, 2.05) is 14.1 Å². The van der Waals surface area contributed by atoms with Crippen molar-refractivity contribution in [1.29, 1.82) is 0 Å². The summed E-state index contributed by atoms with van der Waals surface area (Å²) < 4.78 is 11.6. The van der Waals surface area contributed by atoms with E-state index >= 15 is 0 Å². The van der Waals surface area contributed by atoms with Gasteiger partial charge >= 0.3 is 0 Å². The maximum absolute atomic E-state index is 11.6. The molecule has 0 heterocycles. The molecule has 0 rings (SSSR count). The average molecular weight is 169 g/mol. The van der Waals surface area contributed by atoms with Crippen molar-refractivity contribution in [2.24, 2.45) is 0 Å². The molecule has 0 aromatic rings. The van der Waals surface area contributed by atoms with Gasteiger partial charge in [0.05, 0.1) is 0 Å². The summed E-state index contributed by atoms with van der Waals surface area (Å²) in [5, 5.41) is 4.67. The Balaban J connectivity index is 3.27. The third-order valence-electron chi connectivity index (χ3n) is 0.599. The van der Waals surface area contributed by atoms with Crippen LogP contribution in [0.4, 0.5) is 4.39 Å². The zero-order valence-electron chi connectivity index (χ0n) is 5.59. The average Bonchev–Trinajstić information content (AvgIpc) is 1.63. The van der Waals surface area contributed by atoms with Crippen molar-refractivity contribution in [3.05, 3.63) is 0 Å². The molecule has 0 saturated carbocycles. The van der Waals surface area contributed by atoms with Crippen LogP contribution in [0.25, 0.3) is 0 Å². The molecule has 0 aromatic heterocycles. The maximum atomic E-state index is 11.6. The standard InChI is InChI=1S/C4H11FN2PS/c1-7(2)6-8(9)4-3-5/h3-4H2,1-2H3,(H,6,9)/q+1. The molecule has 0 spiro atoms. The number of nitrogens with one attached hydrogen (secondary N) is 1. The van der Waals surface area contributed by atoms with E-state index in [4.69, 9.17) is 11.8 Å². The molecule has 0 aromatic carbocycles. The molecule has 1 unspecified atom stereocenters. The first-order valence-corrected chi connectivity index (χ1v) is 5.15.